The smallest absolute Gasteiger partial charge is 0.246 e. The van der Waals surface area contributed by atoms with E-state index in [0.717, 1.165) is 18.4 Å². The number of likely N-dealkylation sites (tertiary alicyclic amines) is 1. The maximum absolute atomic E-state index is 13.6. The summed E-state index contributed by atoms with van der Waals surface area (Å²) in [5, 5.41) is 1.33. The van der Waals surface area contributed by atoms with Crippen molar-refractivity contribution in [2.24, 2.45) is 0 Å². The molecule has 6 heteroatoms. The van der Waals surface area contributed by atoms with Gasteiger partial charge in [-0.3, -0.25) is 9.78 Å². The fraction of sp³-hybridized carbons (Fsp3) is 0.217. The number of piperidine rings is 1. The first-order valence-corrected chi connectivity index (χ1v) is 9.90. The minimum Gasteiger partial charge on any atom is -0.490 e. The normalized spacial score (nSPS) is 15.2. The van der Waals surface area contributed by atoms with Gasteiger partial charge in [0.1, 0.15) is 17.7 Å². The Hall–Kier alpha value is -2.92. The highest BCUT2D eigenvalue weighted by atomic mass is 35.5. The predicted octanol–water partition coefficient (Wildman–Crippen LogP) is 5.11. The first-order valence-electron chi connectivity index (χ1n) is 9.52. The standard InChI is InChI=1S/C23H20ClFN2O2/c24-17-4-1-16(2-5-17)3-8-23(28)27-13-10-19(11-14-27)29-22-9-12-26-21-7-6-18(25)15-20(21)22/h1-9,12,15,19H,10-11,13-14H2/b8-3+. The van der Waals surface area contributed by atoms with E-state index in [2.05, 4.69) is 4.98 Å². The molecule has 1 aliphatic rings. The van der Waals surface area contributed by atoms with Gasteiger partial charge in [0.15, 0.2) is 0 Å². The Morgan fingerprint density at radius 3 is 2.66 bits per heavy atom. The number of benzene rings is 2. The molecule has 4 nitrogen and oxygen atoms in total. The van der Waals surface area contributed by atoms with Gasteiger partial charge in [-0.1, -0.05) is 23.7 Å². The van der Waals surface area contributed by atoms with Crippen LogP contribution in [0.25, 0.3) is 17.0 Å². The van der Waals surface area contributed by atoms with Crippen LogP contribution in [0, 0.1) is 5.82 Å². The molecule has 0 unspecified atom stereocenters. The Morgan fingerprint density at radius 2 is 1.90 bits per heavy atom. The molecule has 1 fully saturated rings. The van der Waals surface area contributed by atoms with Crippen molar-refractivity contribution in [1.82, 2.24) is 9.88 Å². The van der Waals surface area contributed by atoms with Crippen molar-refractivity contribution in [3.8, 4) is 5.75 Å². The summed E-state index contributed by atoms with van der Waals surface area (Å²) in [6.45, 7) is 1.23. The van der Waals surface area contributed by atoms with Crippen molar-refractivity contribution in [2.45, 2.75) is 18.9 Å². The fourth-order valence-electron chi connectivity index (χ4n) is 3.42. The van der Waals surface area contributed by atoms with E-state index in [-0.39, 0.29) is 17.8 Å². The van der Waals surface area contributed by atoms with E-state index in [0.29, 0.717) is 34.8 Å². The molecule has 0 bridgehead atoms. The molecule has 2 aromatic carbocycles. The van der Waals surface area contributed by atoms with Gasteiger partial charge >= 0.3 is 0 Å². The molecule has 1 saturated heterocycles. The molecule has 148 valence electrons. The van der Waals surface area contributed by atoms with Crippen LogP contribution in [0.2, 0.25) is 5.02 Å². The molecule has 2 heterocycles. The number of carbonyl (C=O) groups excluding carboxylic acids is 1. The lowest BCUT2D eigenvalue weighted by atomic mass is 10.1. The van der Waals surface area contributed by atoms with Crippen molar-refractivity contribution < 1.29 is 13.9 Å². The van der Waals surface area contributed by atoms with Gasteiger partial charge in [0, 0.05) is 48.6 Å². The summed E-state index contributed by atoms with van der Waals surface area (Å²) < 4.78 is 19.7. The highest BCUT2D eigenvalue weighted by Gasteiger charge is 2.23. The summed E-state index contributed by atoms with van der Waals surface area (Å²) in [5.41, 5.74) is 1.63. The minimum atomic E-state index is -0.316. The van der Waals surface area contributed by atoms with Gasteiger partial charge < -0.3 is 9.64 Å². The van der Waals surface area contributed by atoms with Gasteiger partial charge in [0.2, 0.25) is 5.91 Å². The van der Waals surface area contributed by atoms with Gasteiger partial charge in [-0.05, 0) is 48.0 Å². The maximum Gasteiger partial charge on any atom is 0.246 e. The number of rotatable bonds is 4. The van der Waals surface area contributed by atoms with Gasteiger partial charge in [-0.25, -0.2) is 4.39 Å². The molecule has 3 aromatic rings. The molecule has 4 rings (SSSR count). The van der Waals surface area contributed by atoms with Gasteiger partial charge in [0.25, 0.3) is 0 Å². The monoisotopic (exact) mass is 410 g/mol. The lowest BCUT2D eigenvalue weighted by molar-refractivity contribution is -0.127. The maximum atomic E-state index is 13.6. The van der Waals surface area contributed by atoms with Gasteiger partial charge in [-0.2, -0.15) is 0 Å². The second-order valence-corrected chi connectivity index (χ2v) is 7.43. The molecule has 0 saturated carbocycles. The Morgan fingerprint density at radius 1 is 1.14 bits per heavy atom. The van der Waals surface area contributed by atoms with E-state index in [1.54, 1.807) is 42.6 Å². The van der Waals surface area contributed by atoms with E-state index in [1.807, 2.05) is 17.0 Å². The van der Waals surface area contributed by atoms with Crippen LogP contribution in [0.15, 0.2) is 60.8 Å². The van der Waals surface area contributed by atoms with Crippen molar-refractivity contribution in [1.29, 1.82) is 0 Å². The van der Waals surface area contributed by atoms with E-state index < -0.39 is 0 Å². The van der Waals surface area contributed by atoms with E-state index in [9.17, 15) is 9.18 Å². The summed E-state index contributed by atoms with van der Waals surface area (Å²) in [7, 11) is 0. The first-order chi connectivity index (χ1) is 14.1. The average molecular weight is 411 g/mol. The topological polar surface area (TPSA) is 42.4 Å². The molecule has 0 spiro atoms. The van der Waals surface area contributed by atoms with Crippen LogP contribution < -0.4 is 4.74 Å². The van der Waals surface area contributed by atoms with Gasteiger partial charge in [-0.15, -0.1) is 0 Å². The van der Waals surface area contributed by atoms with Crippen LogP contribution in [0.4, 0.5) is 4.39 Å². The molecule has 29 heavy (non-hydrogen) atoms. The number of pyridine rings is 1. The summed E-state index contributed by atoms with van der Waals surface area (Å²) in [6, 6.07) is 13.6. The molecular weight excluding hydrogens is 391 g/mol. The number of halogens is 2. The number of ether oxygens (including phenoxy) is 1. The molecular formula is C23H20ClFN2O2. The van der Waals surface area contributed by atoms with Crippen molar-refractivity contribution >= 4 is 34.5 Å². The Labute approximate surface area is 173 Å². The van der Waals surface area contributed by atoms with Crippen molar-refractivity contribution in [3.05, 3.63) is 77.2 Å². The number of hydrogen-bond donors (Lipinski definition) is 0. The highest BCUT2D eigenvalue weighted by Crippen LogP contribution is 2.27. The number of hydrogen-bond acceptors (Lipinski definition) is 3. The SMILES string of the molecule is O=C(/C=C/c1ccc(Cl)cc1)N1CCC(Oc2ccnc3ccc(F)cc23)CC1. The zero-order chi connectivity index (χ0) is 20.2. The van der Waals surface area contributed by atoms with Crippen molar-refractivity contribution in [3.63, 3.8) is 0 Å². The van der Waals surface area contributed by atoms with Crippen LogP contribution in [0.3, 0.4) is 0 Å². The predicted molar refractivity (Wildman–Crippen MR) is 112 cm³/mol. The Kier molecular flexibility index (Phi) is 5.76. The second kappa shape index (κ2) is 8.62. The summed E-state index contributed by atoms with van der Waals surface area (Å²) >= 11 is 5.87. The van der Waals surface area contributed by atoms with Crippen LogP contribution in [0.5, 0.6) is 5.75 Å². The third-order valence-corrected chi connectivity index (χ3v) is 5.25. The number of carbonyl (C=O) groups is 1. The number of aromatic nitrogens is 1. The molecule has 0 atom stereocenters. The van der Waals surface area contributed by atoms with Crippen LogP contribution >= 0.6 is 11.6 Å². The highest BCUT2D eigenvalue weighted by molar-refractivity contribution is 6.30. The molecule has 0 N–H and O–H groups in total. The lowest BCUT2D eigenvalue weighted by Gasteiger charge is -2.31. The van der Waals surface area contributed by atoms with Crippen LogP contribution in [-0.4, -0.2) is 35.0 Å². The van der Waals surface area contributed by atoms with E-state index >= 15 is 0 Å². The minimum absolute atomic E-state index is 0.0187. The number of nitrogens with zero attached hydrogens (tertiary/aromatic N) is 2. The summed E-state index contributed by atoms with van der Waals surface area (Å²) in [5.74, 6) is 0.292. The zero-order valence-corrected chi connectivity index (χ0v) is 16.5. The van der Waals surface area contributed by atoms with Crippen LogP contribution in [0.1, 0.15) is 18.4 Å². The molecule has 0 radical (unpaired) electrons. The van der Waals surface area contributed by atoms with E-state index in [1.165, 1.54) is 12.1 Å². The van der Waals surface area contributed by atoms with Crippen molar-refractivity contribution in [2.75, 3.05) is 13.1 Å². The lowest BCUT2D eigenvalue weighted by Crippen LogP contribution is -2.41. The summed E-state index contributed by atoms with van der Waals surface area (Å²) in [6.07, 6.45) is 6.46. The number of amides is 1. The third kappa shape index (κ3) is 4.74. The number of fused-ring (bicyclic) bond motifs is 1. The molecule has 1 aromatic heterocycles. The third-order valence-electron chi connectivity index (χ3n) is 5.00. The summed E-state index contributed by atoms with van der Waals surface area (Å²) in [4.78, 5) is 18.5. The molecule has 0 aliphatic carbocycles. The largest absolute Gasteiger partial charge is 0.490 e. The second-order valence-electron chi connectivity index (χ2n) is 7.00. The Bertz CT molecular complexity index is 1040. The Balaban J connectivity index is 1.35. The zero-order valence-electron chi connectivity index (χ0n) is 15.7. The fourth-order valence-corrected chi connectivity index (χ4v) is 3.54. The average Bonchev–Trinajstić information content (AvgIpc) is 2.74. The molecule has 1 aliphatic heterocycles. The first kappa shape index (κ1) is 19.4. The quantitative estimate of drug-likeness (QED) is 0.561. The molecule has 1 amide bonds. The van der Waals surface area contributed by atoms with Gasteiger partial charge in [0.05, 0.1) is 5.52 Å². The van der Waals surface area contributed by atoms with Crippen LogP contribution in [-0.2, 0) is 4.79 Å². The van der Waals surface area contributed by atoms with E-state index in [4.69, 9.17) is 16.3 Å².